The van der Waals surface area contributed by atoms with Crippen molar-refractivity contribution in [1.29, 1.82) is 0 Å². The van der Waals surface area contributed by atoms with E-state index in [9.17, 15) is 10.1 Å². The summed E-state index contributed by atoms with van der Waals surface area (Å²) in [5.74, 6) is 0. The summed E-state index contributed by atoms with van der Waals surface area (Å²) < 4.78 is 2.78. The van der Waals surface area contributed by atoms with Crippen LogP contribution in [-0.4, -0.2) is 20.0 Å². The highest BCUT2D eigenvalue weighted by atomic mass is 127. The summed E-state index contributed by atoms with van der Waals surface area (Å²) in [6.45, 7) is 0. The Kier molecular flexibility index (Phi) is 4.63. The number of para-hydroxylation sites is 1. The van der Waals surface area contributed by atoms with Gasteiger partial charge in [0.25, 0.3) is 12.0 Å². The van der Waals surface area contributed by atoms with Crippen LogP contribution in [0, 0.1) is 13.7 Å². The highest BCUT2D eigenvalue weighted by molar-refractivity contribution is 14.1. The van der Waals surface area contributed by atoms with Gasteiger partial charge in [-0.1, -0.05) is 30.3 Å². The highest BCUT2D eigenvalue weighted by Gasteiger charge is 2.19. The van der Waals surface area contributed by atoms with Crippen LogP contribution in [0.25, 0.3) is 22.5 Å². The smallest absolute Gasteiger partial charge is 0.258 e. The number of non-ortho nitro benzene ring substituents is 1. The third-order valence-electron chi connectivity index (χ3n) is 4.04. The van der Waals surface area contributed by atoms with E-state index >= 15 is 0 Å². The molecule has 0 aliphatic heterocycles. The predicted octanol–water partition coefficient (Wildman–Crippen LogP) is 3.72. The Morgan fingerprint density at radius 1 is 0.963 bits per heavy atom. The summed E-state index contributed by atoms with van der Waals surface area (Å²) in [6.07, 6.45) is 1.53. The third-order valence-corrected chi connectivity index (χ3v) is 4.76. The summed E-state index contributed by atoms with van der Waals surface area (Å²) in [6, 6.07) is 22.3. The summed E-state index contributed by atoms with van der Waals surface area (Å²) in [4.78, 5) is 12.7. The molecule has 0 N–H and O–H groups in total. The van der Waals surface area contributed by atoms with Crippen LogP contribution in [0.3, 0.4) is 0 Å². The van der Waals surface area contributed by atoms with E-state index in [4.69, 9.17) is 0 Å². The minimum atomic E-state index is -0.392. The van der Waals surface area contributed by atoms with Crippen LogP contribution in [0.15, 0.2) is 79.1 Å². The maximum Gasteiger partial charge on any atom is 0.294 e. The highest BCUT2D eigenvalue weighted by Crippen LogP contribution is 2.27. The molecule has 7 nitrogen and oxygen atoms in total. The van der Waals surface area contributed by atoms with Crippen molar-refractivity contribution in [1.82, 2.24) is 15.1 Å². The van der Waals surface area contributed by atoms with Crippen molar-refractivity contribution in [2.24, 2.45) is 0 Å². The van der Waals surface area contributed by atoms with E-state index in [-0.39, 0.29) is 5.69 Å². The maximum atomic E-state index is 11.5. The zero-order valence-corrected chi connectivity index (χ0v) is 16.1. The van der Waals surface area contributed by atoms with E-state index < -0.39 is 4.92 Å². The minimum absolute atomic E-state index is 0.00867. The van der Waals surface area contributed by atoms with Crippen molar-refractivity contribution in [2.75, 3.05) is 0 Å². The summed E-state index contributed by atoms with van der Waals surface area (Å²) in [5.41, 5.74) is 3.07. The van der Waals surface area contributed by atoms with Crippen molar-refractivity contribution >= 4 is 28.3 Å². The first-order valence-corrected chi connectivity index (χ1v) is 9.13. The molecule has 27 heavy (non-hydrogen) atoms. The Balaban J connectivity index is 1.88. The largest absolute Gasteiger partial charge is 0.294 e. The van der Waals surface area contributed by atoms with E-state index in [2.05, 4.69) is 32.9 Å². The fraction of sp³-hybridized carbons (Fsp3) is 0. The molecule has 0 spiro atoms. The molecule has 0 saturated carbocycles. The van der Waals surface area contributed by atoms with Gasteiger partial charge < -0.3 is 0 Å². The topological polar surface area (TPSA) is 77.7 Å². The fourth-order valence-corrected chi connectivity index (χ4v) is 3.13. The van der Waals surface area contributed by atoms with Crippen molar-refractivity contribution in [3.8, 4) is 22.5 Å². The van der Waals surface area contributed by atoms with Gasteiger partial charge in [-0.05, 0) is 68.8 Å². The van der Waals surface area contributed by atoms with Crippen LogP contribution in [0.4, 0.5) is 5.69 Å². The lowest BCUT2D eigenvalue weighted by Crippen LogP contribution is -2.40. The first-order chi connectivity index (χ1) is 13.1. The maximum absolute atomic E-state index is 11.5. The second-order valence-electron chi connectivity index (χ2n) is 5.79. The molecule has 1 aromatic heterocycles. The predicted molar refractivity (Wildman–Crippen MR) is 108 cm³/mol. The van der Waals surface area contributed by atoms with E-state index in [0.29, 0.717) is 5.69 Å². The lowest BCUT2D eigenvalue weighted by atomic mass is 10.0. The molecule has 4 aromatic rings. The Hall–Kier alpha value is -3.14. The molecule has 0 radical (unpaired) electrons. The van der Waals surface area contributed by atoms with Gasteiger partial charge in [0, 0.05) is 9.64 Å². The number of halogens is 1. The number of nitro benzene ring substituents is 1. The van der Waals surface area contributed by atoms with Crippen molar-refractivity contribution in [2.45, 2.75) is 0 Å². The molecule has 0 amide bonds. The second-order valence-corrected chi connectivity index (χ2v) is 7.04. The molecule has 0 bridgehead atoms. The molecule has 132 valence electrons. The molecule has 0 aliphatic carbocycles. The fourth-order valence-electron chi connectivity index (χ4n) is 2.77. The lowest BCUT2D eigenvalue weighted by Gasteiger charge is -2.06. The van der Waals surface area contributed by atoms with Gasteiger partial charge in [0.05, 0.1) is 11.0 Å². The van der Waals surface area contributed by atoms with Gasteiger partial charge in [0.15, 0.2) is 5.21 Å². The summed E-state index contributed by atoms with van der Waals surface area (Å²) >= 11 is 2.23. The van der Waals surface area contributed by atoms with E-state index in [1.807, 2.05) is 60.7 Å². The zero-order valence-electron chi connectivity index (χ0n) is 13.9. The van der Waals surface area contributed by atoms with Gasteiger partial charge in [0.2, 0.25) is 0 Å². The Morgan fingerprint density at radius 3 is 2.41 bits per heavy atom. The van der Waals surface area contributed by atoms with Crippen LogP contribution < -0.4 is 4.68 Å². The number of aromatic nitrogens is 4. The number of nitrogens with zero attached hydrogens (tertiary/aromatic N) is 5. The van der Waals surface area contributed by atoms with Crippen molar-refractivity contribution in [3.05, 3.63) is 92.8 Å². The third kappa shape index (κ3) is 3.56. The molecule has 4 rings (SSSR count). The average Bonchev–Trinajstić information content (AvgIpc) is 3.19. The zero-order chi connectivity index (χ0) is 18.8. The first-order valence-electron chi connectivity index (χ1n) is 8.06. The van der Waals surface area contributed by atoms with Gasteiger partial charge in [-0.2, -0.15) is 0 Å². The van der Waals surface area contributed by atoms with Gasteiger partial charge in [-0.15, -0.1) is 4.68 Å². The number of hydrogen-bond acceptors (Lipinski definition) is 4. The molecule has 1 heterocycles. The number of tetrazole rings is 1. The number of benzene rings is 3. The Morgan fingerprint density at radius 2 is 1.70 bits per heavy atom. The average molecular weight is 470 g/mol. The monoisotopic (exact) mass is 470 g/mol. The number of rotatable bonds is 4. The summed E-state index contributed by atoms with van der Waals surface area (Å²) in [7, 11) is 0. The van der Waals surface area contributed by atoms with Crippen LogP contribution in [-0.2, 0) is 0 Å². The SMILES string of the molecule is O=[N+]([O-])c1cc(-c2ccc(I)cc2)cc(-[n+]2cnnn2-c2ccccc2)c1. The van der Waals surface area contributed by atoms with Crippen LogP contribution in [0.2, 0.25) is 0 Å². The summed E-state index contributed by atoms with van der Waals surface area (Å²) in [5, 5.41) is 19.6. The molecular formula is C19H13IN5O2+. The molecular weight excluding hydrogens is 457 g/mol. The molecule has 8 heteroatoms. The molecule has 0 atom stereocenters. The van der Waals surface area contributed by atoms with Gasteiger partial charge in [0.1, 0.15) is 16.5 Å². The van der Waals surface area contributed by atoms with Gasteiger partial charge in [-0.3, -0.25) is 10.1 Å². The van der Waals surface area contributed by atoms with Crippen LogP contribution in [0.1, 0.15) is 0 Å². The molecule has 0 saturated heterocycles. The first kappa shape index (κ1) is 17.3. The van der Waals surface area contributed by atoms with E-state index in [1.54, 1.807) is 15.5 Å². The van der Waals surface area contributed by atoms with Crippen molar-refractivity contribution < 1.29 is 9.61 Å². The lowest BCUT2D eigenvalue weighted by molar-refractivity contribution is -0.680. The molecule has 0 fully saturated rings. The molecule has 3 aromatic carbocycles. The Labute approximate surface area is 168 Å². The second kappa shape index (κ2) is 7.23. The standard InChI is InChI=1S/C19H13IN5O2/c20-16-8-6-14(7-9-16)15-10-18(12-19(11-15)25(26)27)23-13-21-22-24(23)17-4-2-1-3-5-17/h1-13H/q+1. The molecule has 0 aliphatic rings. The normalized spacial score (nSPS) is 10.7. The van der Waals surface area contributed by atoms with Crippen LogP contribution >= 0.6 is 22.6 Å². The van der Waals surface area contributed by atoms with E-state index in [0.717, 1.165) is 20.4 Å². The Bertz CT molecular complexity index is 1110. The van der Waals surface area contributed by atoms with Crippen LogP contribution in [0.5, 0.6) is 0 Å². The number of nitro groups is 1. The minimum Gasteiger partial charge on any atom is -0.258 e. The number of hydrogen-bond donors (Lipinski definition) is 0. The van der Waals surface area contributed by atoms with Gasteiger partial charge >= 0.3 is 0 Å². The molecule has 0 unspecified atom stereocenters. The van der Waals surface area contributed by atoms with E-state index in [1.165, 1.54) is 12.4 Å². The van der Waals surface area contributed by atoms with Gasteiger partial charge in [-0.25, -0.2) is 0 Å². The quantitative estimate of drug-likeness (QED) is 0.197. The van der Waals surface area contributed by atoms with Crippen molar-refractivity contribution in [3.63, 3.8) is 0 Å².